The summed E-state index contributed by atoms with van der Waals surface area (Å²) < 4.78 is 16.5. The van der Waals surface area contributed by atoms with Crippen molar-refractivity contribution < 1.29 is 4.39 Å². The van der Waals surface area contributed by atoms with Gasteiger partial charge >= 0.3 is 0 Å². The summed E-state index contributed by atoms with van der Waals surface area (Å²) >= 11 is 3.30. The zero-order valence-electron chi connectivity index (χ0n) is 12.9. The molecule has 23 heavy (non-hydrogen) atoms. The Labute approximate surface area is 143 Å². The quantitative estimate of drug-likeness (QED) is 0.747. The van der Waals surface area contributed by atoms with Gasteiger partial charge in [-0.25, -0.2) is 4.98 Å². The van der Waals surface area contributed by atoms with Crippen LogP contribution >= 0.6 is 15.9 Å². The molecule has 0 aromatic carbocycles. The first-order valence-electron chi connectivity index (χ1n) is 8.24. The zero-order chi connectivity index (χ0) is 15.8. The Kier molecular flexibility index (Phi) is 4.05. The van der Waals surface area contributed by atoms with Crippen LogP contribution in [0.3, 0.4) is 0 Å². The minimum Gasteiger partial charge on any atom is -0.361 e. The van der Waals surface area contributed by atoms with Crippen molar-refractivity contribution in [2.75, 3.05) is 11.4 Å². The SMILES string of the molecule is Fc1cc(N2CCCCC2c2nnc3n2CCCC3)cc(Br)n1. The highest BCUT2D eigenvalue weighted by Crippen LogP contribution is 2.36. The third-order valence-corrected chi connectivity index (χ3v) is 5.17. The molecule has 0 radical (unpaired) electrons. The fourth-order valence-corrected chi connectivity index (χ4v) is 4.11. The van der Waals surface area contributed by atoms with Crippen LogP contribution in [0.15, 0.2) is 16.7 Å². The van der Waals surface area contributed by atoms with E-state index in [9.17, 15) is 4.39 Å². The maximum Gasteiger partial charge on any atom is 0.215 e. The van der Waals surface area contributed by atoms with Crippen molar-refractivity contribution in [2.24, 2.45) is 0 Å². The molecule has 2 aromatic rings. The zero-order valence-corrected chi connectivity index (χ0v) is 14.5. The summed E-state index contributed by atoms with van der Waals surface area (Å²) in [4.78, 5) is 6.03. The van der Waals surface area contributed by atoms with Gasteiger partial charge in [0.1, 0.15) is 10.4 Å². The Balaban J connectivity index is 1.72. The number of hydrogen-bond acceptors (Lipinski definition) is 4. The van der Waals surface area contributed by atoms with Gasteiger partial charge in [-0.2, -0.15) is 4.39 Å². The highest BCUT2D eigenvalue weighted by atomic mass is 79.9. The van der Waals surface area contributed by atoms with Crippen LogP contribution in [0.2, 0.25) is 0 Å². The standard InChI is InChI=1S/C16H19BrFN5/c17-13-9-11(10-14(18)19-13)22-7-3-1-5-12(22)16-21-20-15-6-2-4-8-23(15)16/h9-10,12H,1-8H2. The molecule has 1 fully saturated rings. The average Bonchev–Trinajstić information content (AvgIpc) is 2.98. The maximum absolute atomic E-state index is 13.7. The molecule has 4 heterocycles. The Bertz CT molecular complexity index is 696. The average molecular weight is 380 g/mol. The van der Waals surface area contributed by atoms with E-state index in [0.29, 0.717) is 4.60 Å². The summed E-state index contributed by atoms with van der Waals surface area (Å²) in [5.41, 5.74) is 0.863. The molecule has 0 aliphatic carbocycles. The predicted octanol–water partition coefficient (Wildman–Crippen LogP) is 3.64. The van der Waals surface area contributed by atoms with Crippen LogP contribution in [-0.2, 0) is 13.0 Å². The van der Waals surface area contributed by atoms with Gasteiger partial charge in [-0.15, -0.1) is 10.2 Å². The number of halogens is 2. The molecular formula is C16H19BrFN5. The van der Waals surface area contributed by atoms with Crippen LogP contribution < -0.4 is 4.90 Å². The third-order valence-electron chi connectivity index (χ3n) is 4.77. The summed E-state index contributed by atoms with van der Waals surface area (Å²) in [6, 6.07) is 3.56. The molecule has 1 atom stereocenters. The van der Waals surface area contributed by atoms with Crippen LogP contribution in [0.1, 0.15) is 49.8 Å². The largest absolute Gasteiger partial charge is 0.361 e. The lowest BCUT2D eigenvalue weighted by molar-refractivity contribution is 0.422. The molecule has 122 valence electrons. The summed E-state index contributed by atoms with van der Waals surface area (Å²) in [5.74, 6) is 1.67. The fourth-order valence-electron chi connectivity index (χ4n) is 3.70. The van der Waals surface area contributed by atoms with Crippen molar-refractivity contribution in [3.8, 4) is 0 Å². The van der Waals surface area contributed by atoms with Crippen LogP contribution in [0.25, 0.3) is 0 Å². The maximum atomic E-state index is 13.7. The third kappa shape index (κ3) is 2.86. The summed E-state index contributed by atoms with van der Waals surface area (Å²) in [6.07, 6.45) is 6.68. The second-order valence-electron chi connectivity index (χ2n) is 6.26. The summed E-state index contributed by atoms with van der Waals surface area (Å²) in [7, 11) is 0. The van der Waals surface area contributed by atoms with Gasteiger partial charge in [-0.05, 0) is 54.1 Å². The molecule has 5 nitrogen and oxygen atoms in total. The molecule has 2 aliphatic rings. The van der Waals surface area contributed by atoms with E-state index < -0.39 is 5.95 Å². The lowest BCUT2D eigenvalue weighted by atomic mass is 10.00. The molecular weight excluding hydrogens is 361 g/mol. The topological polar surface area (TPSA) is 46.8 Å². The van der Waals surface area contributed by atoms with E-state index in [1.165, 1.54) is 18.9 Å². The van der Waals surface area contributed by atoms with Crippen LogP contribution in [0, 0.1) is 5.95 Å². The van der Waals surface area contributed by atoms with Gasteiger partial charge in [-0.1, -0.05) is 0 Å². The van der Waals surface area contributed by atoms with Crippen molar-refractivity contribution in [3.63, 3.8) is 0 Å². The van der Waals surface area contributed by atoms with E-state index in [0.717, 1.165) is 56.1 Å². The number of hydrogen-bond donors (Lipinski definition) is 0. The number of anilines is 1. The number of aryl methyl sites for hydroxylation is 1. The van der Waals surface area contributed by atoms with Gasteiger partial charge < -0.3 is 9.47 Å². The molecule has 0 saturated carbocycles. The molecule has 0 N–H and O–H groups in total. The summed E-state index contributed by atoms with van der Waals surface area (Å²) in [5, 5.41) is 8.88. The highest BCUT2D eigenvalue weighted by molar-refractivity contribution is 9.10. The van der Waals surface area contributed by atoms with E-state index in [4.69, 9.17) is 0 Å². The molecule has 0 bridgehead atoms. The Morgan fingerprint density at radius 1 is 1.09 bits per heavy atom. The minimum atomic E-state index is -0.457. The summed E-state index contributed by atoms with van der Waals surface area (Å²) in [6.45, 7) is 1.90. The second kappa shape index (κ2) is 6.19. The van der Waals surface area contributed by atoms with Crippen molar-refractivity contribution in [1.29, 1.82) is 0 Å². The van der Waals surface area contributed by atoms with E-state index >= 15 is 0 Å². The van der Waals surface area contributed by atoms with Crippen molar-refractivity contribution in [1.82, 2.24) is 19.7 Å². The van der Waals surface area contributed by atoms with Crippen molar-refractivity contribution in [3.05, 3.63) is 34.3 Å². The number of fused-ring (bicyclic) bond motifs is 1. The minimum absolute atomic E-state index is 0.164. The van der Waals surface area contributed by atoms with Crippen LogP contribution in [0.4, 0.5) is 10.1 Å². The number of aromatic nitrogens is 4. The normalized spacial score (nSPS) is 21.3. The monoisotopic (exact) mass is 379 g/mol. The lowest BCUT2D eigenvalue weighted by Gasteiger charge is -2.37. The van der Waals surface area contributed by atoms with Gasteiger partial charge in [0.05, 0.1) is 6.04 Å². The molecule has 1 unspecified atom stereocenters. The van der Waals surface area contributed by atoms with Crippen LogP contribution in [-0.4, -0.2) is 26.3 Å². The molecule has 2 aliphatic heterocycles. The molecule has 2 aromatic heterocycles. The fraction of sp³-hybridized carbons (Fsp3) is 0.562. The number of pyridine rings is 1. The number of nitrogens with zero attached hydrogens (tertiary/aromatic N) is 5. The van der Waals surface area contributed by atoms with E-state index in [-0.39, 0.29) is 6.04 Å². The lowest BCUT2D eigenvalue weighted by Crippen LogP contribution is -2.35. The van der Waals surface area contributed by atoms with Crippen molar-refractivity contribution >= 4 is 21.6 Å². The first-order chi connectivity index (χ1) is 11.2. The molecule has 1 saturated heterocycles. The van der Waals surface area contributed by atoms with Gasteiger partial charge in [0, 0.05) is 31.3 Å². The van der Waals surface area contributed by atoms with Crippen molar-refractivity contribution in [2.45, 2.75) is 51.1 Å². The van der Waals surface area contributed by atoms with E-state index in [1.54, 1.807) is 0 Å². The van der Waals surface area contributed by atoms with E-state index in [2.05, 4.69) is 40.6 Å². The predicted molar refractivity (Wildman–Crippen MR) is 88.8 cm³/mol. The Morgan fingerprint density at radius 2 is 1.96 bits per heavy atom. The molecule has 4 rings (SSSR count). The number of rotatable bonds is 2. The Hall–Kier alpha value is -1.50. The smallest absolute Gasteiger partial charge is 0.215 e. The first kappa shape index (κ1) is 15.1. The first-order valence-corrected chi connectivity index (χ1v) is 9.03. The van der Waals surface area contributed by atoms with Gasteiger partial charge in [0.15, 0.2) is 5.82 Å². The molecule has 0 amide bonds. The van der Waals surface area contributed by atoms with Crippen LogP contribution in [0.5, 0.6) is 0 Å². The van der Waals surface area contributed by atoms with E-state index in [1.807, 2.05) is 6.07 Å². The molecule has 7 heteroatoms. The van der Waals surface area contributed by atoms with Gasteiger partial charge in [0.25, 0.3) is 0 Å². The second-order valence-corrected chi connectivity index (χ2v) is 7.07. The number of piperidine rings is 1. The molecule has 0 spiro atoms. The van der Waals surface area contributed by atoms with Gasteiger partial charge in [0.2, 0.25) is 5.95 Å². The Morgan fingerprint density at radius 3 is 2.83 bits per heavy atom. The highest BCUT2D eigenvalue weighted by Gasteiger charge is 2.30. The van der Waals surface area contributed by atoms with Gasteiger partial charge in [-0.3, -0.25) is 0 Å².